The third kappa shape index (κ3) is 13.6. The highest BCUT2D eigenvalue weighted by Crippen LogP contribution is 2.31. The minimum Gasteiger partial charge on any atom is -0.444 e. The number of nitrogens with one attached hydrogen (secondary N) is 4. The van der Waals surface area contributed by atoms with Crippen LogP contribution in [0.5, 0.6) is 0 Å². The number of nitrogens with zero attached hydrogens (tertiary/aromatic N) is 2. The molecule has 0 spiro atoms. The lowest BCUT2D eigenvalue weighted by atomic mass is 9.95. The first-order valence-electron chi connectivity index (χ1n) is 19.7. The molecule has 0 radical (unpaired) electrons. The number of ether oxygens (including phenoxy) is 1. The second-order valence-corrected chi connectivity index (χ2v) is 15.6. The number of carbonyl (C=O) groups excluding carboxylic acids is 7. The molecule has 1 aliphatic carbocycles. The van der Waals surface area contributed by atoms with E-state index >= 15 is 0 Å². The Balaban J connectivity index is 0.00000281. The molecular weight excluding hydrogens is 729 g/mol. The van der Waals surface area contributed by atoms with Gasteiger partial charge < -0.3 is 35.8 Å². The molecule has 4 rings (SSSR count). The van der Waals surface area contributed by atoms with Gasteiger partial charge in [0.2, 0.25) is 29.4 Å². The van der Waals surface area contributed by atoms with E-state index in [4.69, 9.17) is 4.74 Å². The van der Waals surface area contributed by atoms with Crippen LogP contribution in [0.25, 0.3) is 0 Å². The highest BCUT2D eigenvalue weighted by Gasteiger charge is 2.43. The second-order valence-electron chi connectivity index (χ2n) is 15.6. The van der Waals surface area contributed by atoms with E-state index in [0.29, 0.717) is 31.2 Å². The van der Waals surface area contributed by atoms with Crippen LogP contribution in [0.2, 0.25) is 0 Å². The SMILES string of the molecule is C=CCCC(NC(=O)[C@@H]1CCCN1C(=O)[C@@H](NC(=O)OC(C)(C)C)C1Cc2ccccc2C1)C(=O)C(=O)NCC(=O)N[C@H](C(=O)N(C)C)c1ccccc1.CCC. The number of ketones is 1. The molecular formula is C43H60N6O8. The monoisotopic (exact) mass is 788 g/mol. The first-order chi connectivity index (χ1) is 27.0. The van der Waals surface area contributed by atoms with Gasteiger partial charge in [-0.3, -0.25) is 28.8 Å². The number of fused-ring (bicyclic) bond motifs is 1. The second kappa shape index (κ2) is 21.7. The molecule has 0 aromatic heterocycles. The van der Waals surface area contributed by atoms with Crippen molar-refractivity contribution in [2.24, 2.45) is 5.92 Å². The minimum atomic E-state index is -1.27. The molecule has 2 aromatic rings. The number of alkyl carbamates (subject to hydrolysis) is 1. The first-order valence-corrected chi connectivity index (χ1v) is 19.7. The summed E-state index contributed by atoms with van der Waals surface area (Å²) in [6.45, 7) is 12.8. The van der Waals surface area contributed by atoms with Crippen LogP contribution in [0.1, 0.15) is 89.5 Å². The van der Waals surface area contributed by atoms with Gasteiger partial charge in [0.1, 0.15) is 23.7 Å². The van der Waals surface area contributed by atoms with Gasteiger partial charge in [-0.15, -0.1) is 6.58 Å². The van der Waals surface area contributed by atoms with Crippen molar-refractivity contribution in [2.75, 3.05) is 27.2 Å². The van der Waals surface area contributed by atoms with Gasteiger partial charge in [0.05, 0.1) is 12.6 Å². The van der Waals surface area contributed by atoms with Gasteiger partial charge in [0.15, 0.2) is 0 Å². The van der Waals surface area contributed by atoms with E-state index in [0.717, 1.165) is 11.1 Å². The van der Waals surface area contributed by atoms with Gasteiger partial charge in [-0.05, 0) is 81.9 Å². The lowest BCUT2D eigenvalue weighted by Gasteiger charge is -2.32. The molecule has 6 amide bonds. The molecule has 4 atom stereocenters. The molecule has 14 heteroatoms. The van der Waals surface area contributed by atoms with Gasteiger partial charge >= 0.3 is 6.09 Å². The van der Waals surface area contributed by atoms with Crippen molar-refractivity contribution in [1.29, 1.82) is 0 Å². The lowest BCUT2D eigenvalue weighted by Crippen LogP contribution is -2.58. The molecule has 1 saturated heterocycles. The maximum Gasteiger partial charge on any atom is 0.408 e. The number of carbonyl (C=O) groups is 7. The van der Waals surface area contributed by atoms with Crippen molar-refractivity contribution < 1.29 is 38.3 Å². The number of allylic oxidation sites excluding steroid dienone is 1. The average Bonchev–Trinajstić information content (AvgIpc) is 3.84. The normalized spacial score (nSPS) is 16.3. The molecule has 2 aliphatic rings. The molecule has 1 heterocycles. The zero-order valence-electron chi connectivity index (χ0n) is 34.4. The standard InChI is InChI=1S/C40H52N6O8.C3H8/c1-7-8-19-29(34(48)36(50)41-24-31(47)43-32(37(51)45(5)6)25-15-10-9-11-16-25)42-35(49)30-20-14-21-46(30)38(52)33(44-39(53)54-40(2,3)4)28-22-26-17-12-13-18-27(26)23-28;1-3-2/h7,9-13,15-18,28-30,32-33H,1,8,14,19-24H2,2-6H3,(H,41,50)(H,42,49)(H,43,47)(H,44,53);3H2,1-2H3/t29?,30-,32-,33-;/m0./s1. The fraction of sp³-hybridized carbons (Fsp3) is 0.512. The average molecular weight is 789 g/mol. The van der Waals surface area contributed by atoms with Crippen LogP contribution in [-0.4, -0.2) is 102 Å². The van der Waals surface area contributed by atoms with Crippen molar-refractivity contribution in [3.8, 4) is 0 Å². The van der Waals surface area contributed by atoms with E-state index in [1.807, 2.05) is 24.3 Å². The molecule has 310 valence electrons. The van der Waals surface area contributed by atoms with Crippen LogP contribution < -0.4 is 21.3 Å². The molecule has 57 heavy (non-hydrogen) atoms. The van der Waals surface area contributed by atoms with Crippen molar-refractivity contribution in [1.82, 2.24) is 31.1 Å². The van der Waals surface area contributed by atoms with E-state index in [1.165, 1.54) is 16.2 Å². The van der Waals surface area contributed by atoms with Crippen molar-refractivity contribution in [2.45, 2.75) is 109 Å². The maximum absolute atomic E-state index is 14.3. The Labute approximate surface area is 336 Å². The largest absolute Gasteiger partial charge is 0.444 e. The van der Waals surface area contributed by atoms with Crippen molar-refractivity contribution in [3.63, 3.8) is 0 Å². The summed E-state index contributed by atoms with van der Waals surface area (Å²) in [6, 6.07) is 12.2. The zero-order chi connectivity index (χ0) is 42.3. The third-order valence-corrected chi connectivity index (χ3v) is 9.38. The van der Waals surface area contributed by atoms with Crippen LogP contribution in [0.4, 0.5) is 4.79 Å². The number of likely N-dealkylation sites (tertiary alicyclic amines) is 1. The summed E-state index contributed by atoms with van der Waals surface area (Å²) in [5.74, 6) is -4.50. The molecule has 1 fully saturated rings. The van der Waals surface area contributed by atoms with E-state index in [9.17, 15) is 33.6 Å². The number of Topliss-reactive ketones (excluding diaryl/α,β-unsaturated/α-hetero) is 1. The quantitative estimate of drug-likeness (QED) is 0.155. The fourth-order valence-corrected chi connectivity index (χ4v) is 6.76. The minimum absolute atomic E-state index is 0.0466. The first kappa shape index (κ1) is 45.9. The van der Waals surface area contributed by atoms with Gasteiger partial charge in [-0.25, -0.2) is 4.79 Å². The Morgan fingerprint density at radius 2 is 1.51 bits per heavy atom. The molecule has 0 bridgehead atoms. The van der Waals surface area contributed by atoms with Gasteiger partial charge in [0, 0.05) is 20.6 Å². The van der Waals surface area contributed by atoms with Gasteiger partial charge in [-0.2, -0.15) is 0 Å². The van der Waals surface area contributed by atoms with E-state index < -0.39 is 71.8 Å². The maximum atomic E-state index is 14.3. The predicted octanol–water partition coefficient (Wildman–Crippen LogP) is 3.78. The summed E-state index contributed by atoms with van der Waals surface area (Å²) >= 11 is 0. The fourth-order valence-electron chi connectivity index (χ4n) is 6.76. The number of amides is 6. The van der Waals surface area contributed by atoms with Crippen molar-refractivity contribution in [3.05, 3.63) is 83.9 Å². The van der Waals surface area contributed by atoms with E-state index in [-0.39, 0.29) is 31.2 Å². The number of likely N-dealkylation sites (N-methyl/N-ethyl adjacent to an activating group) is 1. The Hall–Kier alpha value is -5.53. The number of hydrogen-bond acceptors (Lipinski definition) is 8. The smallest absolute Gasteiger partial charge is 0.408 e. The summed E-state index contributed by atoms with van der Waals surface area (Å²) in [4.78, 5) is 95.9. The summed E-state index contributed by atoms with van der Waals surface area (Å²) in [5.41, 5.74) is 1.91. The third-order valence-electron chi connectivity index (χ3n) is 9.38. The van der Waals surface area contributed by atoms with Crippen LogP contribution >= 0.6 is 0 Å². The van der Waals surface area contributed by atoms with Gasteiger partial charge in [0.25, 0.3) is 5.91 Å². The highest BCUT2D eigenvalue weighted by atomic mass is 16.6. The topological polar surface area (TPSA) is 183 Å². The summed E-state index contributed by atoms with van der Waals surface area (Å²) in [6.07, 6.45) is 4.31. The molecule has 1 unspecified atom stereocenters. The lowest BCUT2D eigenvalue weighted by molar-refractivity contribution is -0.143. The molecule has 0 saturated carbocycles. The van der Waals surface area contributed by atoms with Crippen LogP contribution in [-0.2, 0) is 46.3 Å². The number of rotatable bonds is 15. The molecule has 4 N–H and O–H groups in total. The van der Waals surface area contributed by atoms with Crippen LogP contribution in [0.3, 0.4) is 0 Å². The number of hydrogen-bond donors (Lipinski definition) is 4. The Bertz CT molecular complexity index is 1720. The molecule has 2 aromatic carbocycles. The summed E-state index contributed by atoms with van der Waals surface area (Å²) < 4.78 is 5.50. The number of benzene rings is 2. The van der Waals surface area contributed by atoms with Crippen LogP contribution in [0.15, 0.2) is 67.3 Å². The van der Waals surface area contributed by atoms with E-state index in [1.54, 1.807) is 71.3 Å². The van der Waals surface area contributed by atoms with Gasteiger partial charge in [-0.1, -0.05) is 80.9 Å². The highest BCUT2D eigenvalue weighted by molar-refractivity contribution is 6.38. The molecule has 1 aliphatic heterocycles. The van der Waals surface area contributed by atoms with Crippen LogP contribution in [0, 0.1) is 5.92 Å². The van der Waals surface area contributed by atoms with Crippen molar-refractivity contribution >= 4 is 41.4 Å². The Morgan fingerprint density at radius 1 is 0.912 bits per heavy atom. The zero-order valence-corrected chi connectivity index (χ0v) is 34.4. The van der Waals surface area contributed by atoms with E-state index in [2.05, 4.69) is 41.7 Å². The Kier molecular flexibility index (Phi) is 17.4. The summed E-state index contributed by atoms with van der Waals surface area (Å²) in [5, 5.41) is 10.4. The summed E-state index contributed by atoms with van der Waals surface area (Å²) in [7, 11) is 3.11. The predicted molar refractivity (Wildman–Crippen MR) is 217 cm³/mol. The molecule has 14 nitrogen and oxygen atoms in total. The Morgan fingerprint density at radius 3 is 2.07 bits per heavy atom.